The maximum atomic E-state index is 11.6. The van der Waals surface area contributed by atoms with E-state index < -0.39 is 0 Å². The van der Waals surface area contributed by atoms with Crippen LogP contribution in [0.5, 0.6) is 5.75 Å². The predicted octanol–water partition coefficient (Wildman–Crippen LogP) is 2.88. The number of benzene rings is 1. The number of hydrogen-bond donors (Lipinski definition) is 1. The molecule has 0 radical (unpaired) electrons. The molecule has 90 valence electrons. The fourth-order valence-electron chi connectivity index (χ4n) is 2.01. The van der Waals surface area contributed by atoms with Gasteiger partial charge in [-0.3, -0.25) is 4.79 Å². The second-order valence-electron chi connectivity index (χ2n) is 4.17. The number of methoxy groups -OCH3 is 1. The zero-order valence-electron chi connectivity index (χ0n) is 10.2. The van der Waals surface area contributed by atoms with Crippen molar-refractivity contribution >= 4 is 10.9 Å². The van der Waals surface area contributed by atoms with Crippen LogP contribution in [0.2, 0.25) is 0 Å². The highest BCUT2D eigenvalue weighted by atomic mass is 16.5. The van der Waals surface area contributed by atoms with Crippen LogP contribution >= 0.6 is 0 Å². The van der Waals surface area contributed by atoms with Crippen molar-refractivity contribution in [3.8, 4) is 5.75 Å². The third kappa shape index (κ3) is 2.49. The van der Waals surface area contributed by atoms with Crippen LogP contribution in [0.25, 0.3) is 10.9 Å². The summed E-state index contributed by atoms with van der Waals surface area (Å²) in [6, 6.07) is 7.50. The highest BCUT2D eigenvalue weighted by Crippen LogP contribution is 2.21. The lowest BCUT2D eigenvalue weighted by atomic mass is 10.0. The molecule has 0 spiro atoms. The Balaban J connectivity index is 2.55. The fourth-order valence-corrected chi connectivity index (χ4v) is 2.01. The first-order chi connectivity index (χ1) is 8.24. The predicted molar refractivity (Wildman–Crippen MR) is 69.7 cm³/mol. The highest BCUT2D eigenvalue weighted by Gasteiger charge is 2.04. The number of hydrogen-bond acceptors (Lipinski definition) is 2. The minimum Gasteiger partial charge on any atom is -0.497 e. The van der Waals surface area contributed by atoms with Gasteiger partial charge in [-0.05, 0) is 30.5 Å². The lowest BCUT2D eigenvalue weighted by Gasteiger charge is -2.07. The summed E-state index contributed by atoms with van der Waals surface area (Å²) in [5.74, 6) is 0.765. The molecule has 3 nitrogen and oxygen atoms in total. The van der Waals surface area contributed by atoms with Crippen molar-refractivity contribution in [2.24, 2.45) is 0 Å². The summed E-state index contributed by atoms with van der Waals surface area (Å²) in [4.78, 5) is 14.4. The van der Waals surface area contributed by atoms with Crippen molar-refractivity contribution in [3.63, 3.8) is 0 Å². The lowest BCUT2D eigenvalue weighted by molar-refractivity contribution is 0.415. The summed E-state index contributed by atoms with van der Waals surface area (Å²) in [6.07, 6.45) is 3.18. The van der Waals surface area contributed by atoms with Gasteiger partial charge >= 0.3 is 0 Å². The molecule has 3 heteroatoms. The van der Waals surface area contributed by atoms with Crippen molar-refractivity contribution in [2.45, 2.75) is 26.2 Å². The largest absolute Gasteiger partial charge is 0.497 e. The molecule has 2 rings (SSSR count). The van der Waals surface area contributed by atoms with Gasteiger partial charge in [-0.15, -0.1) is 0 Å². The van der Waals surface area contributed by atoms with E-state index in [2.05, 4.69) is 11.9 Å². The van der Waals surface area contributed by atoms with Gasteiger partial charge in [0.2, 0.25) is 5.56 Å². The Morgan fingerprint density at radius 3 is 2.82 bits per heavy atom. The topological polar surface area (TPSA) is 42.1 Å². The Morgan fingerprint density at radius 2 is 2.12 bits per heavy atom. The zero-order valence-corrected chi connectivity index (χ0v) is 10.2. The molecule has 1 aromatic heterocycles. The Morgan fingerprint density at radius 1 is 1.29 bits per heavy atom. The van der Waals surface area contributed by atoms with Crippen molar-refractivity contribution in [2.75, 3.05) is 7.11 Å². The van der Waals surface area contributed by atoms with Crippen LogP contribution in [0.1, 0.15) is 25.3 Å². The first-order valence-corrected chi connectivity index (χ1v) is 5.94. The zero-order chi connectivity index (χ0) is 12.3. The van der Waals surface area contributed by atoms with Crippen molar-refractivity contribution < 1.29 is 4.74 Å². The van der Waals surface area contributed by atoms with Gasteiger partial charge in [-0.1, -0.05) is 13.3 Å². The molecule has 0 aliphatic carbocycles. The average molecular weight is 231 g/mol. The molecule has 0 fully saturated rings. The molecule has 0 amide bonds. The molecule has 17 heavy (non-hydrogen) atoms. The highest BCUT2D eigenvalue weighted by molar-refractivity contribution is 5.83. The third-order valence-corrected chi connectivity index (χ3v) is 2.94. The van der Waals surface area contributed by atoms with Gasteiger partial charge in [0, 0.05) is 17.5 Å². The molecule has 1 aromatic carbocycles. The number of pyridine rings is 1. The van der Waals surface area contributed by atoms with E-state index in [0.29, 0.717) is 0 Å². The number of H-pyrrole nitrogens is 1. The quantitative estimate of drug-likeness (QED) is 0.879. The summed E-state index contributed by atoms with van der Waals surface area (Å²) in [6.45, 7) is 2.15. The maximum absolute atomic E-state index is 11.6. The number of rotatable bonds is 4. The molecule has 2 aromatic rings. The van der Waals surface area contributed by atoms with E-state index in [-0.39, 0.29) is 5.56 Å². The van der Waals surface area contributed by atoms with Gasteiger partial charge in [-0.25, -0.2) is 0 Å². The molecular formula is C14H17NO2. The minimum absolute atomic E-state index is 0.0446. The number of ether oxygens (including phenoxy) is 1. The molecule has 0 saturated carbocycles. The summed E-state index contributed by atoms with van der Waals surface area (Å²) in [5, 5.41) is 1.11. The lowest BCUT2D eigenvalue weighted by Crippen LogP contribution is -2.06. The van der Waals surface area contributed by atoms with Gasteiger partial charge in [0.15, 0.2) is 0 Å². The first-order valence-electron chi connectivity index (χ1n) is 5.94. The number of fused-ring (bicyclic) bond motifs is 1. The van der Waals surface area contributed by atoms with Crippen molar-refractivity contribution in [1.82, 2.24) is 4.98 Å². The number of nitrogens with one attached hydrogen (secondary N) is 1. The van der Waals surface area contributed by atoms with E-state index >= 15 is 0 Å². The fraction of sp³-hybridized carbons (Fsp3) is 0.357. The van der Waals surface area contributed by atoms with Gasteiger partial charge in [0.05, 0.1) is 12.6 Å². The van der Waals surface area contributed by atoms with Gasteiger partial charge in [0.25, 0.3) is 0 Å². The monoisotopic (exact) mass is 231 g/mol. The Hall–Kier alpha value is -1.77. The number of aromatic nitrogens is 1. The van der Waals surface area contributed by atoms with E-state index in [0.717, 1.165) is 41.5 Å². The molecule has 0 aliphatic heterocycles. The summed E-state index contributed by atoms with van der Waals surface area (Å²) in [5.41, 5.74) is 1.92. The van der Waals surface area contributed by atoms with Crippen LogP contribution in [-0.4, -0.2) is 12.1 Å². The summed E-state index contributed by atoms with van der Waals surface area (Å²) < 4.78 is 5.16. The van der Waals surface area contributed by atoms with Crippen LogP contribution in [0.4, 0.5) is 0 Å². The molecule has 1 heterocycles. The van der Waals surface area contributed by atoms with Crippen LogP contribution in [0, 0.1) is 0 Å². The third-order valence-electron chi connectivity index (χ3n) is 2.94. The molecule has 0 saturated heterocycles. The Kier molecular flexibility index (Phi) is 3.47. The van der Waals surface area contributed by atoms with E-state index in [1.54, 1.807) is 13.2 Å². The van der Waals surface area contributed by atoms with Crippen LogP contribution in [-0.2, 0) is 6.42 Å². The van der Waals surface area contributed by atoms with Crippen LogP contribution in [0.15, 0.2) is 29.1 Å². The maximum Gasteiger partial charge on any atom is 0.248 e. The molecule has 0 aliphatic rings. The van der Waals surface area contributed by atoms with E-state index in [1.807, 2.05) is 18.2 Å². The van der Waals surface area contributed by atoms with Gasteiger partial charge in [0.1, 0.15) is 5.75 Å². The average Bonchev–Trinajstić information content (AvgIpc) is 2.34. The first kappa shape index (κ1) is 11.7. The number of aryl methyl sites for hydroxylation is 1. The molecule has 1 N–H and O–H groups in total. The number of unbranched alkanes of at least 4 members (excludes halogenated alkanes) is 1. The molecule has 0 unspecified atom stereocenters. The van der Waals surface area contributed by atoms with Gasteiger partial charge < -0.3 is 9.72 Å². The molecule has 0 atom stereocenters. The van der Waals surface area contributed by atoms with Gasteiger partial charge in [-0.2, -0.15) is 0 Å². The van der Waals surface area contributed by atoms with E-state index in [1.165, 1.54) is 0 Å². The Labute approximate surface area is 100 Å². The molecular weight excluding hydrogens is 214 g/mol. The van der Waals surface area contributed by atoms with E-state index in [9.17, 15) is 4.79 Å². The molecule has 0 bridgehead atoms. The SMILES string of the molecule is CCCCc1cc(=O)[nH]c2cc(OC)ccc12. The van der Waals surface area contributed by atoms with Crippen LogP contribution in [0.3, 0.4) is 0 Å². The number of aromatic amines is 1. The minimum atomic E-state index is -0.0446. The Bertz CT molecular complexity index is 572. The normalized spacial score (nSPS) is 10.7. The summed E-state index contributed by atoms with van der Waals surface area (Å²) >= 11 is 0. The second kappa shape index (κ2) is 5.04. The van der Waals surface area contributed by atoms with Crippen LogP contribution < -0.4 is 10.3 Å². The van der Waals surface area contributed by atoms with Crippen molar-refractivity contribution in [1.29, 1.82) is 0 Å². The standard InChI is InChI=1S/C14H17NO2/c1-3-4-5-10-8-14(16)15-13-9-11(17-2)6-7-12(10)13/h6-9H,3-5H2,1-2H3,(H,15,16). The smallest absolute Gasteiger partial charge is 0.248 e. The summed E-state index contributed by atoms with van der Waals surface area (Å²) in [7, 11) is 1.63. The van der Waals surface area contributed by atoms with E-state index in [4.69, 9.17) is 4.74 Å². The second-order valence-corrected chi connectivity index (χ2v) is 4.17. The van der Waals surface area contributed by atoms with Crippen molar-refractivity contribution in [3.05, 3.63) is 40.2 Å².